The van der Waals surface area contributed by atoms with Crippen molar-refractivity contribution in [2.45, 2.75) is 13.8 Å². The molecule has 12 heavy (non-hydrogen) atoms. The van der Waals surface area contributed by atoms with E-state index < -0.39 is 11.9 Å². The van der Waals surface area contributed by atoms with Crippen molar-refractivity contribution >= 4 is 11.9 Å². The van der Waals surface area contributed by atoms with E-state index in [9.17, 15) is 0 Å². The van der Waals surface area contributed by atoms with Crippen LogP contribution in [0, 0.1) is 31.1 Å². The minimum Gasteiger partial charge on any atom is -0.550 e. The van der Waals surface area contributed by atoms with Gasteiger partial charge in [-0.1, -0.05) is 0 Å². The van der Waals surface area contributed by atoms with E-state index >= 15 is 0 Å². The number of aliphatic carboxylic acids is 2. The average Bonchev–Trinajstić information content (AvgIpc) is 1.25. The van der Waals surface area contributed by atoms with Gasteiger partial charge in [0.2, 0.25) is 0 Å². The van der Waals surface area contributed by atoms with Crippen LogP contribution in [-0.4, -0.2) is 22.9 Å². The molecule has 0 aliphatic heterocycles. The Morgan fingerprint density at radius 2 is 0.917 bits per heavy atom. The third-order valence-electron chi connectivity index (χ3n) is 0. The Morgan fingerprint density at radius 1 is 0.917 bits per heavy atom. The van der Waals surface area contributed by atoms with E-state index in [4.69, 9.17) is 19.8 Å². The fourth-order valence-corrected chi connectivity index (χ4v) is 0. The van der Waals surface area contributed by atoms with E-state index in [-0.39, 0.29) is 61.5 Å². The quantitative estimate of drug-likeness (QED) is 0.340. The molecular formula is C4H10O6UZn. The number of hydrogen-bond acceptors (Lipinski definition) is 4. The molecule has 0 fully saturated rings. The van der Waals surface area contributed by atoms with Gasteiger partial charge >= 0.3 is 19.5 Å². The van der Waals surface area contributed by atoms with Gasteiger partial charge in [-0.3, -0.25) is 0 Å². The van der Waals surface area contributed by atoms with Crippen molar-refractivity contribution in [1.82, 2.24) is 0 Å². The smallest absolute Gasteiger partial charge is 0.550 e. The topological polar surface area (TPSA) is 143 Å². The van der Waals surface area contributed by atoms with Crippen LogP contribution in [-0.2, 0) is 29.1 Å². The summed E-state index contributed by atoms with van der Waals surface area (Å²) in [5.74, 6) is -2.17. The van der Waals surface area contributed by atoms with Crippen LogP contribution < -0.4 is 10.2 Å². The van der Waals surface area contributed by atoms with Crippen LogP contribution in [0.5, 0.6) is 0 Å². The molecule has 0 unspecified atom stereocenters. The number of rotatable bonds is 0. The van der Waals surface area contributed by atoms with E-state index in [2.05, 4.69) is 0 Å². The Morgan fingerprint density at radius 3 is 0.917 bits per heavy atom. The van der Waals surface area contributed by atoms with Crippen LogP contribution in [0.4, 0.5) is 0 Å². The zero-order valence-corrected chi connectivity index (χ0v) is 14.0. The molecule has 0 aliphatic rings. The second kappa shape index (κ2) is 30.0. The Kier molecular flexibility index (Phi) is 97.6. The molecule has 6 nitrogen and oxygen atoms in total. The van der Waals surface area contributed by atoms with Gasteiger partial charge in [0.1, 0.15) is 0 Å². The SMILES string of the molecule is CC(=O)[O-].CC(=O)[O-].O.O.[U].[Zn+2]. The second-order valence-electron chi connectivity index (χ2n) is 0.983. The molecule has 4 N–H and O–H groups in total. The van der Waals surface area contributed by atoms with Gasteiger partial charge in [-0.2, -0.15) is 0 Å². The van der Waals surface area contributed by atoms with Crippen molar-refractivity contribution in [3.63, 3.8) is 0 Å². The summed E-state index contributed by atoms with van der Waals surface area (Å²) in [5.41, 5.74) is 0. The predicted molar refractivity (Wildman–Crippen MR) is 28.6 cm³/mol. The Labute approximate surface area is 106 Å². The van der Waals surface area contributed by atoms with Crippen molar-refractivity contribution in [3.05, 3.63) is 0 Å². The van der Waals surface area contributed by atoms with E-state index in [0.717, 1.165) is 13.8 Å². The molecule has 68 valence electrons. The number of hydrogen-bond donors (Lipinski definition) is 0. The molecule has 0 aromatic rings. The summed E-state index contributed by atoms with van der Waals surface area (Å²) in [6, 6.07) is 0. The molecule has 0 heterocycles. The molecule has 0 aromatic heterocycles. The van der Waals surface area contributed by atoms with Gasteiger partial charge in [0.05, 0.1) is 0 Å². The zero-order chi connectivity index (χ0) is 7.15. The molecule has 0 radical (unpaired) electrons. The Hall–Kier alpha value is 0.535. The Balaban J connectivity index is -0.0000000112. The normalized spacial score (nSPS) is 4.17. The van der Waals surface area contributed by atoms with Crippen LogP contribution in [0.25, 0.3) is 0 Å². The zero-order valence-electron chi connectivity index (χ0n) is 6.84. The van der Waals surface area contributed by atoms with E-state index in [0.29, 0.717) is 0 Å². The number of carbonyl (C=O) groups is 2. The third kappa shape index (κ3) is 3340. The number of carbonyl (C=O) groups excluding carboxylic acids is 2. The van der Waals surface area contributed by atoms with Crippen LogP contribution in [0.3, 0.4) is 0 Å². The summed E-state index contributed by atoms with van der Waals surface area (Å²) in [6.07, 6.45) is 0. The van der Waals surface area contributed by atoms with Crippen LogP contribution in [0.2, 0.25) is 0 Å². The molecule has 0 atom stereocenters. The Bertz CT molecular complexity index is 77.5. The maximum atomic E-state index is 8.89. The number of carboxylic acid groups (broad SMARTS) is 2. The number of carboxylic acids is 2. The summed E-state index contributed by atoms with van der Waals surface area (Å²) in [4.78, 5) is 17.8. The van der Waals surface area contributed by atoms with Gasteiger partial charge < -0.3 is 30.8 Å². The molecular weight excluding hydrogens is 447 g/mol. The molecule has 8 heteroatoms. The first-order chi connectivity index (χ1) is 3.46. The molecule has 0 spiro atoms. The fourth-order valence-electron chi connectivity index (χ4n) is 0. The van der Waals surface area contributed by atoms with Gasteiger partial charge in [-0.25, -0.2) is 0 Å². The van der Waals surface area contributed by atoms with Crippen molar-refractivity contribution in [2.24, 2.45) is 0 Å². The van der Waals surface area contributed by atoms with Crippen molar-refractivity contribution in [2.75, 3.05) is 0 Å². The van der Waals surface area contributed by atoms with Gasteiger partial charge in [0.15, 0.2) is 0 Å². The van der Waals surface area contributed by atoms with Crippen LogP contribution in [0.15, 0.2) is 0 Å². The van der Waals surface area contributed by atoms with Crippen molar-refractivity contribution in [3.8, 4) is 0 Å². The van der Waals surface area contributed by atoms with E-state index in [1.165, 1.54) is 0 Å². The van der Waals surface area contributed by atoms with E-state index in [1.54, 1.807) is 0 Å². The van der Waals surface area contributed by atoms with Crippen LogP contribution in [0.1, 0.15) is 13.8 Å². The van der Waals surface area contributed by atoms with Gasteiger partial charge in [-0.05, 0) is 13.8 Å². The van der Waals surface area contributed by atoms with E-state index in [1.807, 2.05) is 0 Å². The van der Waals surface area contributed by atoms with Gasteiger partial charge in [0, 0.05) is 43.1 Å². The first-order valence-corrected chi connectivity index (χ1v) is 1.82. The summed E-state index contributed by atoms with van der Waals surface area (Å²) in [5, 5.41) is 17.8. The minimum absolute atomic E-state index is 0. The summed E-state index contributed by atoms with van der Waals surface area (Å²) < 4.78 is 0. The molecule has 0 aromatic carbocycles. The molecule has 0 saturated heterocycles. The summed E-state index contributed by atoms with van der Waals surface area (Å²) >= 11 is 0. The van der Waals surface area contributed by atoms with Crippen LogP contribution >= 0.6 is 0 Å². The summed E-state index contributed by atoms with van der Waals surface area (Å²) in [6.45, 7) is 1.94. The van der Waals surface area contributed by atoms with Gasteiger partial charge in [-0.15, -0.1) is 0 Å². The molecule has 0 aliphatic carbocycles. The third-order valence-corrected chi connectivity index (χ3v) is 0. The second-order valence-corrected chi connectivity index (χ2v) is 0.983. The standard InChI is InChI=1S/2C2H4O2.2H2O.U.Zn/c2*1-2(3)4;;;;/h2*1H3,(H,3,4);2*1H2;;/q;;;;;+2/p-2. The molecule has 0 saturated carbocycles. The first kappa shape index (κ1) is 39.1. The predicted octanol–water partition coefficient (Wildman–Crippen LogP) is -4.14. The molecule has 0 bridgehead atoms. The largest absolute Gasteiger partial charge is 2.00 e. The fraction of sp³-hybridized carbons (Fsp3) is 0.500. The maximum Gasteiger partial charge on any atom is 2.00 e. The van der Waals surface area contributed by atoms with Crippen molar-refractivity contribution < 1.29 is 81.3 Å². The monoisotopic (exact) mass is 456 g/mol. The average molecular weight is 458 g/mol. The van der Waals surface area contributed by atoms with Crippen molar-refractivity contribution in [1.29, 1.82) is 0 Å². The summed E-state index contributed by atoms with van der Waals surface area (Å²) in [7, 11) is 0. The maximum absolute atomic E-state index is 8.89. The van der Waals surface area contributed by atoms with Gasteiger partial charge in [0.25, 0.3) is 0 Å². The molecule has 0 rings (SSSR count). The first-order valence-electron chi connectivity index (χ1n) is 1.82. The molecule has 0 amide bonds. The minimum atomic E-state index is -1.08.